The molecule has 6 heteroatoms. The first-order chi connectivity index (χ1) is 11.4. The van der Waals surface area contributed by atoms with Crippen molar-refractivity contribution in [3.63, 3.8) is 0 Å². The summed E-state index contributed by atoms with van der Waals surface area (Å²) < 4.78 is 15.7. The van der Waals surface area contributed by atoms with Crippen molar-refractivity contribution in [3.05, 3.63) is 48.5 Å². The summed E-state index contributed by atoms with van der Waals surface area (Å²) in [5.74, 6) is -0.484. The summed E-state index contributed by atoms with van der Waals surface area (Å²) >= 11 is 0. The van der Waals surface area contributed by atoms with Gasteiger partial charge in [0.25, 0.3) is 0 Å². The number of carbonyl (C=O) groups excluding carboxylic acids is 1. The first-order valence-electron chi connectivity index (χ1n) is 8.00. The number of carbonyl (C=O) groups is 1. The molecule has 0 fully saturated rings. The number of aliphatic hydroxyl groups excluding tert-OH is 1. The lowest BCUT2D eigenvalue weighted by Crippen LogP contribution is -2.30. The number of nitrogens with one attached hydrogen (secondary N) is 2. The van der Waals surface area contributed by atoms with Crippen molar-refractivity contribution in [2.75, 3.05) is 18.5 Å². The van der Waals surface area contributed by atoms with Crippen LogP contribution >= 0.6 is 0 Å². The molecule has 3 N–H and O–H groups in total. The van der Waals surface area contributed by atoms with Crippen LogP contribution in [0.1, 0.15) is 26.7 Å². The fourth-order valence-electron chi connectivity index (χ4n) is 2.29. The first-order valence-corrected chi connectivity index (χ1v) is 8.00. The fourth-order valence-corrected chi connectivity index (χ4v) is 2.29. The Morgan fingerprint density at radius 3 is 2.67 bits per heavy atom. The predicted molar refractivity (Wildman–Crippen MR) is 92.8 cm³/mol. The number of halogens is 1. The number of amides is 2. The molecule has 0 aliphatic carbocycles. The average molecular weight is 333 g/mol. The molecule has 1 aromatic carbocycles. The Kier molecular flexibility index (Phi) is 5.98. The van der Waals surface area contributed by atoms with Gasteiger partial charge in [0.05, 0.1) is 5.69 Å². The second-order valence-corrected chi connectivity index (χ2v) is 6.56. The van der Waals surface area contributed by atoms with Gasteiger partial charge in [-0.15, -0.1) is 0 Å². The molecular formula is C18H24FN3O2. The Hall–Kier alpha value is -2.34. The van der Waals surface area contributed by atoms with E-state index < -0.39 is 11.8 Å². The van der Waals surface area contributed by atoms with Crippen LogP contribution in [0.3, 0.4) is 0 Å². The number of urea groups is 1. The standard InChI is InChI=1S/C18H24FN3O2/c1-18(2,13-23)8-5-9-20-17(24)21-16-12-14(6-7-15(16)19)22-10-3-4-11-22/h3-4,6-7,10-12,23H,5,8-9,13H2,1-2H3,(H2,20,21,24). The van der Waals surface area contributed by atoms with Gasteiger partial charge in [0.15, 0.2) is 0 Å². The first kappa shape index (κ1) is 18.0. The molecule has 0 spiro atoms. The molecule has 1 heterocycles. The molecule has 130 valence electrons. The van der Waals surface area contributed by atoms with Gasteiger partial charge in [-0.2, -0.15) is 0 Å². The van der Waals surface area contributed by atoms with E-state index in [4.69, 9.17) is 0 Å². The van der Waals surface area contributed by atoms with Crippen LogP contribution in [0.5, 0.6) is 0 Å². The van der Waals surface area contributed by atoms with Crippen LogP contribution in [0.25, 0.3) is 5.69 Å². The molecule has 0 aliphatic heterocycles. The van der Waals surface area contributed by atoms with Crippen molar-refractivity contribution in [1.82, 2.24) is 9.88 Å². The number of hydrogen-bond acceptors (Lipinski definition) is 2. The maximum Gasteiger partial charge on any atom is 0.319 e. The molecule has 0 saturated carbocycles. The lowest BCUT2D eigenvalue weighted by Gasteiger charge is -2.21. The topological polar surface area (TPSA) is 66.3 Å². The van der Waals surface area contributed by atoms with Gasteiger partial charge in [0.2, 0.25) is 0 Å². The van der Waals surface area contributed by atoms with Gasteiger partial charge >= 0.3 is 6.03 Å². The van der Waals surface area contributed by atoms with Gasteiger partial charge in [-0.3, -0.25) is 0 Å². The van der Waals surface area contributed by atoms with E-state index >= 15 is 0 Å². The highest BCUT2D eigenvalue weighted by molar-refractivity contribution is 5.89. The van der Waals surface area contributed by atoms with Gasteiger partial charge in [-0.1, -0.05) is 13.8 Å². The molecule has 0 aliphatic rings. The van der Waals surface area contributed by atoms with Crippen molar-refractivity contribution >= 4 is 11.7 Å². The van der Waals surface area contributed by atoms with Gasteiger partial charge in [0, 0.05) is 31.2 Å². The summed E-state index contributed by atoms with van der Waals surface area (Å²) in [7, 11) is 0. The highest BCUT2D eigenvalue weighted by Gasteiger charge is 2.15. The average Bonchev–Trinajstić information content (AvgIpc) is 3.08. The number of anilines is 1. The molecule has 1 aromatic heterocycles. The summed E-state index contributed by atoms with van der Waals surface area (Å²) in [4.78, 5) is 11.9. The molecule has 2 amide bonds. The number of rotatable bonds is 7. The molecule has 0 unspecified atom stereocenters. The van der Waals surface area contributed by atoms with Crippen molar-refractivity contribution in [2.24, 2.45) is 5.41 Å². The SMILES string of the molecule is CC(C)(CO)CCCNC(=O)Nc1cc(-n2cccc2)ccc1F. The zero-order valence-corrected chi connectivity index (χ0v) is 14.1. The molecule has 5 nitrogen and oxygen atoms in total. The fraction of sp³-hybridized carbons (Fsp3) is 0.389. The quantitative estimate of drug-likeness (QED) is 0.679. The van der Waals surface area contributed by atoms with Crippen LogP contribution in [0, 0.1) is 11.2 Å². The zero-order valence-electron chi connectivity index (χ0n) is 14.1. The van der Waals surface area contributed by atoms with Gasteiger partial charge in [0.1, 0.15) is 5.82 Å². The number of nitrogens with zero attached hydrogens (tertiary/aromatic N) is 1. The number of aliphatic hydroxyl groups is 1. The Morgan fingerprint density at radius 2 is 2.00 bits per heavy atom. The monoisotopic (exact) mass is 333 g/mol. The van der Waals surface area contributed by atoms with E-state index in [-0.39, 0.29) is 17.7 Å². The van der Waals surface area contributed by atoms with Crippen molar-refractivity contribution in [1.29, 1.82) is 0 Å². The summed E-state index contributed by atoms with van der Waals surface area (Å²) in [6.07, 6.45) is 5.23. The third-order valence-electron chi connectivity index (χ3n) is 3.84. The van der Waals surface area contributed by atoms with E-state index in [1.807, 2.05) is 42.9 Å². The second-order valence-electron chi connectivity index (χ2n) is 6.56. The maximum atomic E-state index is 13.9. The minimum atomic E-state index is -0.484. The second kappa shape index (κ2) is 7.97. The lowest BCUT2D eigenvalue weighted by atomic mass is 9.89. The Morgan fingerprint density at radius 1 is 1.29 bits per heavy atom. The molecule has 0 atom stereocenters. The summed E-state index contributed by atoms with van der Waals surface area (Å²) in [5.41, 5.74) is 0.741. The normalized spacial score (nSPS) is 11.3. The van der Waals surface area contributed by atoms with Gasteiger partial charge in [-0.25, -0.2) is 9.18 Å². The third-order valence-corrected chi connectivity index (χ3v) is 3.84. The minimum Gasteiger partial charge on any atom is -0.396 e. The predicted octanol–water partition coefficient (Wildman–Crippen LogP) is 3.54. The van der Waals surface area contributed by atoms with Crippen molar-refractivity contribution in [2.45, 2.75) is 26.7 Å². The van der Waals surface area contributed by atoms with Crippen molar-refractivity contribution in [3.8, 4) is 5.69 Å². The van der Waals surface area contributed by atoms with E-state index in [2.05, 4.69) is 10.6 Å². The largest absolute Gasteiger partial charge is 0.396 e. The van der Waals surface area contributed by atoms with Gasteiger partial charge in [-0.05, 0) is 48.6 Å². The minimum absolute atomic E-state index is 0.108. The maximum absolute atomic E-state index is 13.9. The Bertz CT molecular complexity index is 669. The van der Waals surface area contributed by atoms with Crippen LogP contribution in [0.15, 0.2) is 42.7 Å². The molecule has 0 bridgehead atoms. The highest BCUT2D eigenvalue weighted by atomic mass is 19.1. The molecule has 2 aromatic rings. The number of aromatic nitrogens is 1. The molecule has 0 radical (unpaired) electrons. The van der Waals surface area contributed by atoms with E-state index in [0.29, 0.717) is 6.54 Å². The van der Waals surface area contributed by atoms with Crippen LogP contribution in [0.2, 0.25) is 0 Å². The van der Waals surface area contributed by atoms with E-state index in [9.17, 15) is 14.3 Å². The summed E-state index contributed by atoms with van der Waals surface area (Å²) in [6.45, 7) is 4.51. The third kappa shape index (κ3) is 5.09. The van der Waals surface area contributed by atoms with E-state index in [0.717, 1.165) is 18.5 Å². The van der Waals surface area contributed by atoms with E-state index in [1.54, 1.807) is 12.1 Å². The Balaban J connectivity index is 1.88. The summed E-state index contributed by atoms with van der Waals surface area (Å²) in [5, 5.41) is 14.4. The van der Waals surface area contributed by atoms with Crippen LogP contribution in [0.4, 0.5) is 14.9 Å². The van der Waals surface area contributed by atoms with Crippen molar-refractivity contribution < 1.29 is 14.3 Å². The van der Waals surface area contributed by atoms with E-state index in [1.165, 1.54) is 6.07 Å². The molecule has 0 saturated heterocycles. The van der Waals surface area contributed by atoms with Gasteiger partial charge < -0.3 is 20.3 Å². The number of hydrogen-bond donors (Lipinski definition) is 3. The number of benzene rings is 1. The Labute approximate surface area is 141 Å². The molecule has 2 rings (SSSR count). The lowest BCUT2D eigenvalue weighted by molar-refractivity contribution is 0.148. The zero-order chi connectivity index (χ0) is 17.6. The summed E-state index contributed by atoms with van der Waals surface area (Å²) in [6, 6.07) is 7.86. The van der Waals surface area contributed by atoms with Crippen LogP contribution < -0.4 is 10.6 Å². The smallest absolute Gasteiger partial charge is 0.319 e. The molecule has 24 heavy (non-hydrogen) atoms. The molecular weight excluding hydrogens is 309 g/mol. The van der Waals surface area contributed by atoms with Crippen LogP contribution in [-0.4, -0.2) is 28.9 Å². The highest BCUT2D eigenvalue weighted by Crippen LogP contribution is 2.21. The van der Waals surface area contributed by atoms with Crippen LogP contribution in [-0.2, 0) is 0 Å².